The normalized spacial score (nSPS) is 17.6. The second-order valence-corrected chi connectivity index (χ2v) is 12.7. The van der Waals surface area contributed by atoms with Crippen molar-refractivity contribution in [1.82, 2.24) is 0 Å². The third-order valence-electron chi connectivity index (χ3n) is 9.04. The fourth-order valence-electron chi connectivity index (χ4n) is 6.74. The quantitative estimate of drug-likeness (QED) is 0.0677. The van der Waals surface area contributed by atoms with Crippen LogP contribution in [0, 0.1) is 5.92 Å². The van der Waals surface area contributed by atoms with Gasteiger partial charge in [0.05, 0.1) is 5.56 Å². The number of benzene rings is 4. The third kappa shape index (κ3) is 5.90. The number of hydrogen-bond acceptors (Lipinski definition) is 9. The van der Waals surface area contributed by atoms with Crippen molar-refractivity contribution in [3.05, 3.63) is 112 Å². The molecule has 1 aliphatic carbocycles. The number of allylic oxidation sites excluding steroid dienone is 4. The van der Waals surface area contributed by atoms with Gasteiger partial charge in [0.25, 0.3) is 0 Å². The van der Waals surface area contributed by atoms with Crippen molar-refractivity contribution in [3.63, 3.8) is 0 Å². The first-order valence-corrected chi connectivity index (χ1v) is 15.5. The first-order valence-electron chi connectivity index (χ1n) is 15.5. The van der Waals surface area contributed by atoms with Gasteiger partial charge >= 0.3 is 0 Å². The fraction of sp³-hybridized carbons (Fsp3) is 0.205. The van der Waals surface area contributed by atoms with Crippen molar-refractivity contribution in [2.45, 2.75) is 45.4 Å². The van der Waals surface area contributed by atoms with Crippen molar-refractivity contribution in [1.29, 1.82) is 0 Å². The maximum Gasteiger partial charge on any atom is 0.171 e. The van der Waals surface area contributed by atoms with E-state index < -0.39 is 23.5 Å². The Bertz CT molecular complexity index is 2110. The zero-order chi connectivity index (χ0) is 34.4. The summed E-state index contributed by atoms with van der Waals surface area (Å²) < 4.78 is 5.88. The summed E-state index contributed by atoms with van der Waals surface area (Å²) in [5.74, 6) is -4.43. The molecule has 6 rings (SSSR count). The Morgan fingerprint density at radius 2 is 1.50 bits per heavy atom. The van der Waals surface area contributed by atoms with Crippen LogP contribution in [0.3, 0.4) is 0 Å². The van der Waals surface area contributed by atoms with E-state index in [1.165, 1.54) is 54.6 Å². The lowest BCUT2D eigenvalue weighted by Gasteiger charge is -2.37. The molecule has 246 valence electrons. The second-order valence-electron chi connectivity index (χ2n) is 12.7. The van der Waals surface area contributed by atoms with Gasteiger partial charge in [-0.25, -0.2) is 0 Å². The predicted molar refractivity (Wildman–Crippen MR) is 181 cm³/mol. The van der Waals surface area contributed by atoms with Gasteiger partial charge < -0.3 is 40.2 Å². The van der Waals surface area contributed by atoms with Gasteiger partial charge in [-0.2, -0.15) is 0 Å². The minimum Gasteiger partial charge on any atom is -0.508 e. The van der Waals surface area contributed by atoms with Gasteiger partial charge in [0.2, 0.25) is 0 Å². The minimum atomic E-state index is -1.06. The summed E-state index contributed by atoms with van der Waals surface area (Å²) in [5.41, 5.74) is 3.10. The molecule has 4 aromatic carbocycles. The van der Waals surface area contributed by atoms with Crippen LogP contribution >= 0.6 is 0 Å². The maximum absolute atomic E-state index is 14.7. The zero-order valence-corrected chi connectivity index (χ0v) is 26.6. The number of carbonyl (C=O) groups is 1. The lowest BCUT2D eigenvalue weighted by Crippen LogP contribution is -2.31. The molecule has 0 radical (unpaired) electrons. The van der Waals surface area contributed by atoms with E-state index in [1.807, 2.05) is 26.8 Å². The highest BCUT2D eigenvalue weighted by Gasteiger charge is 2.43. The minimum absolute atomic E-state index is 0.0255. The summed E-state index contributed by atoms with van der Waals surface area (Å²) in [7, 11) is 0. The van der Waals surface area contributed by atoms with E-state index in [2.05, 4.69) is 0 Å². The topological polar surface area (TPSA) is 172 Å². The number of hydrogen-bond donors (Lipinski definition) is 7. The van der Waals surface area contributed by atoms with Crippen LogP contribution < -0.4 is 0 Å². The Balaban J connectivity index is 1.51. The Kier molecular flexibility index (Phi) is 8.30. The van der Waals surface area contributed by atoms with E-state index in [1.54, 1.807) is 18.2 Å². The van der Waals surface area contributed by atoms with Gasteiger partial charge in [-0.15, -0.1) is 0 Å². The number of furan rings is 1. The highest BCUT2D eigenvalue weighted by Crippen LogP contribution is 2.53. The number of rotatable bonds is 7. The van der Waals surface area contributed by atoms with Crippen LogP contribution in [0.4, 0.5) is 0 Å². The molecule has 0 amide bonds. The molecule has 0 aliphatic heterocycles. The Hall–Kier alpha value is -5.83. The van der Waals surface area contributed by atoms with E-state index in [-0.39, 0.29) is 63.4 Å². The van der Waals surface area contributed by atoms with Crippen molar-refractivity contribution >= 4 is 16.8 Å². The SMILES string of the molecule is CC(C)=CCc1c(O)ccc(C(=O)[C@@H]2[C@@H](c3ccc(O)cc3O)CC(C)=C[C@H]2c2c(O)cc(-c3cc4ccc(O)cc4o3)cc2O)c1O. The van der Waals surface area contributed by atoms with E-state index in [9.17, 15) is 40.5 Å². The molecule has 48 heavy (non-hydrogen) atoms. The van der Waals surface area contributed by atoms with Gasteiger partial charge in [-0.3, -0.25) is 4.79 Å². The molecule has 0 unspecified atom stereocenters. The summed E-state index contributed by atoms with van der Waals surface area (Å²) in [6, 6.07) is 16.0. The first kappa shape index (κ1) is 32.1. The maximum atomic E-state index is 14.7. The number of aromatic hydroxyl groups is 7. The van der Waals surface area contributed by atoms with Crippen molar-refractivity contribution in [2.24, 2.45) is 5.92 Å². The first-order chi connectivity index (χ1) is 22.8. The zero-order valence-electron chi connectivity index (χ0n) is 26.6. The molecule has 7 N–H and O–H groups in total. The van der Waals surface area contributed by atoms with Crippen molar-refractivity contribution in [2.75, 3.05) is 0 Å². The van der Waals surface area contributed by atoms with E-state index in [0.29, 0.717) is 34.3 Å². The molecule has 1 aromatic heterocycles. The molecule has 0 saturated carbocycles. The van der Waals surface area contributed by atoms with Crippen LogP contribution in [0.25, 0.3) is 22.3 Å². The predicted octanol–water partition coefficient (Wildman–Crippen LogP) is 8.26. The third-order valence-corrected chi connectivity index (χ3v) is 9.04. The summed E-state index contributed by atoms with van der Waals surface area (Å²) in [6.07, 6.45) is 4.11. The van der Waals surface area contributed by atoms with Crippen LogP contribution in [-0.4, -0.2) is 41.5 Å². The molecule has 9 heteroatoms. The molecule has 1 aliphatic rings. The monoisotopic (exact) mass is 648 g/mol. The molecule has 0 saturated heterocycles. The van der Waals surface area contributed by atoms with Gasteiger partial charge in [0, 0.05) is 52.0 Å². The van der Waals surface area contributed by atoms with Gasteiger partial charge in [0.15, 0.2) is 5.78 Å². The number of fused-ring (bicyclic) bond motifs is 1. The molecular weight excluding hydrogens is 612 g/mol. The largest absolute Gasteiger partial charge is 0.508 e. The second kappa shape index (κ2) is 12.4. The van der Waals surface area contributed by atoms with Crippen LogP contribution in [0.2, 0.25) is 0 Å². The highest BCUT2D eigenvalue weighted by molar-refractivity contribution is 6.02. The molecule has 5 aromatic rings. The standard InChI is InChI=1S/C39H36O9/c1-19(2)4-8-26-30(42)11-10-27(38(26)46)39(47)36-28(25-9-7-23(40)17-31(25)43)12-20(3)13-29(36)37-32(44)14-22(15-33(37)45)34-16-21-5-6-24(41)18-35(21)48-34/h4-7,9-11,13-18,28-29,36,40-46H,8,12H2,1-3H3/t28-,29-,36-/m1/s1. The van der Waals surface area contributed by atoms with E-state index in [4.69, 9.17) is 4.42 Å². The van der Waals surface area contributed by atoms with Crippen LogP contribution in [0.1, 0.15) is 66.1 Å². The van der Waals surface area contributed by atoms with Gasteiger partial charge in [-0.1, -0.05) is 29.4 Å². The molecule has 3 atom stereocenters. The molecular formula is C39H36O9. The van der Waals surface area contributed by atoms with Crippen molar-refractivity contribution in [3.8, 4) is 51.6 Å². The van der Waals surface area contributed by atoms with Crippen molar-refractivity contribution < 1.29 is 45.0 Å². The molecule has 0 fully saturated rings. The number of phenolic OH excluding ortho intramolecular Hbond substituents is 7. The number of ketones is 1. The summed E-state index contributed by atoms with van der Waals surface area (Å²) in [4.78, 5) is 14.7. The average molecular weight is 649 g/mol. The van der Waals surface area contributed by atoms with E-state index in [0.717, 1.165) is 11.1 Å². The lowest BCUT2D eigenvalue weighted by molar-refractivity contribution is 0.0876. The lowest BCUT2D eigenvalue weighted by atomic mass is 9.65. The highest BCUT2D eigenvalue weighted by atomic mass is 16.3. The Labute approximate surface area is 276 Å². The summed E-state index contributed by atoms with van der Waals surface area (Å²) in [6.45, 7) is 5.60. The molecule has 0 bridgehead atoms. The number of carbonyl (C=O) groups excluding carboxylic acids is 1. The summed E-state index contributed by atoms with van der Waals surface area (Å²) >= 11 is 0. The summed E-state index contributed by atoms with van der Waals surface area (Å²) in [5, 5.41) is 76.5. The van der Waals surface area contributed by atoms with Crippen LogP contribution in [0.15, 0.2) is 94.4 Å². The fourth-order valence-corrected chi connectivity index (χ4v) is 6.74. The number of phenols is 7. The molecule has 0 spiro atoms. The number of Topliss-reactive ketones (excluding diaryl/α,β-unsaturated/α-hetero) is 1. The van der Waals surface area contributed by atoms with Crippen LogP contribution in [0.5, 0.6) is 40.2 Å². The molecule has 1 heterocycles. The average Bonchev–Trinajstić information content (AvgIpc) is 3.43. The Morgan fingerprint density at radius 3 is 2.19 bits per heavy atom. The Morgan fingerprint density at radius 1 is 0.812 bits per heavy atom. The molecule has 9 nitrogen and oxygen atoms in total. The van der Waals surface area contributed by atoms with E-state index >= 15 is 0 Å². The van der Waals surface area contributed by atoms with Gasteiger partial charge in [-0.05, 0) is 87.7 Å². The van der Waals surface area contributed by atoms with Crippen LogP contribution in [-0.2, 0) is 6.42 Å². The van der Waals surface area contributed by atoms with Gasteiger partial charge in [0.1, 0.15) is 51.6 Å². The smallest absolute Gasteiger partial charge is 0.171 e.